The molecule has 0 saturated carbocycles. The molecule has 0 spiro atoms. The molecule has 2 aromatic rings. The van der Waals surface area contributed by atoms with Crippen LogP contribution in [0.1, 0.15) is 5.56 Å². The highest BCUT2D eigenvalue weighted by atomic mass is 79.9. The molecule has 0 aromatic heterocycles. The Bertz CT molecular complexity index is 1000. The minimum Gasteiger partial charge on any atom is -0.336 e. The molecule has 14 heteroatoms. The van der Waals surface area contributed by atoms with Gasteiger partial charge in [-0.25, -0.2) is 4.39 Å². The number of benzene rings is 2. The summed E-state index contributed by atoms with van der Waals surface area (Å²) in [5.41, 5.74) is -5.65. The van der Waals surface area contributed by atoms with Gasteiger partial charge in [0, 0.05) is 13.1 Å². The summed E-state index contributed by atoms with van der Waals surface area (Å²) in [4.78, 5) is 20.4. The Balaban J connectivity index is 2.93. The molecular weight excluding hydrogens is 501 g/mol. The number of nitro groups is 2. The van der Waals surface area contributed by atoms with E-state index < -0.39 is 55.2 Å². The van der Waals surface area contributed by atoms with Crippen molar-refractivity contribution in [2.75, 3.05) is 11.9 Å². The number of anilines is 2. The van der Waals surface area contributed by atoms with E-state index >= 15 is 0 Å². The number of halogens is 7. The molecule has 0 aliphatic rings. The Morgan fingerprint density at radius 3 is 2.11 bits per heavy atom. The quantitative estimate of drug-likeness (QED) is 0.155. The van der Waals surface area contributed by atoms with Gasteiger partial charge in [-0.2, -0.15) is 13.2 Å². The van der Waals surface area contributed by atoms with Gasteiger partial charge < -0.3 is 4.90 Å². The lowest BCUT2D eigenvalue weighted by Gasteiger charge is -2.25. The first-order valence-corrected chi connectivity index (χ1v) is 8.43. The normalized spacial score (nSPS) is 11.4. The first-order valence-electron chi connectivity index (χ1n) is 6.88. The van der Waals surface area contributed by atoms with Crippen molar-refractivity contribution in [3.05, 3.63) is 64.3 Å². The number of hydrogen-bond acceptors (Lipinski definition) is 5. The maximum Gasteiger partial charge on any atom is 0.418 e. The Labute approximate surface area is 171 Å². The first kappa shape index (κ1) is 22.1. The van der Waals surface area contributed by atoms with Crippen LogP contribution in [0.25, 0.3) is 0 Å². The Hall–Kier alpha value is -2.18. The van der Waals surface area contributed by atoms with Crippen molar-refractivity contribution >= 4 is 61.9 Å². The van der Waals surface area contributed by atoms with Crippen LogP contribution in [0.2, 0.25) is 10.0 Å². The Kier molecular flexibility index (Phi) is 6.07. The second-order valence-corrected chi connectivity index (χ2v) is 6.89. The van der Waals surface area contributed by atoms with Crippen LogP contribution in [-0.2, 0) is 6.18 Å². The summed E-state index contributed by atoms with van der Waals surface area (Å²) in [5, 5.41) is 21.2. The lowest BCUT2D eigenvalue weighted by Crippen LogP contribution is -2.19. The summed E-state index contributed by atoms with van der Waals surface area (Å²) >= 11 is 14.6. The van der Waals surface area contributed by atoms with E-state index in [2.05, 4.69) is 15.9 Å². The molecule has 0 aliphatic carbocycles. The lowest BCUT2D eigenvalue weighted by atomic mass is 10.1. The molecule has 0 amide bonds. The highest BCUT2D eigenvalue weighted by Gasteiger charge is 2.41. The highest BCUT2D eigenvalue weighted by molar-refractivity contribution is 9.10. The zero-order valence-corrected chi connectivity index (χ0v) is 16.5. The second-order valence-electron chi connectivity index (χ2n) is 5.25. The van der Waals surface area contributed by atoms with E-state index in [9.17, 15) is 37.8 Å². The van der Waals surface area contributed by atoms with Crippen molar-refractivity contribution in [2.45, 2.75) is 6.18 Å². The van der Waals surface area contributed by atoms with Crippen LogP contribution in [0.5, 0.6) is 0 Å². The molecule has 0 fully saturated rings. The largest absolute Gasteiger partial charge is 0.418 e. The molecule has 150 valence electrons. The maximum atomic E-state index is 14.1. The van der Waals surface area contributed by atoms with Gasteiger partial charge in [0.2, 0.25) is 0 Å². The van der Waals surface area contributed by atoms with E-state index in [-0.39, 0.29) is 15.6 Å². The van der Waals surface area contributed by atoms with Crippen LogP contribution in [-0.4, -0.2) is 16.9 Å². The van der Waals surface area contributed by atoms with Crippen molar-refractivity contribution in [1.82, 2.24) is 0 Å². The SMILES string of the molecule is CN(c1c([N+](=O)[O-])cc([N+](=O)[O-])cc1C(F)(F)F)c1c(Cl)cc(Br)c(F)c1Cl. The van der Waals surface area contributed by atoms with E-state index in [1.807, 2.05) is 0 Å². The minimum atomic E-state index is -5.22. The summed E-state index contributed by atoms with van der Waals surface area (Å²) in [7, 11) is 0.934. The molecule has 28 heavy (non-hydrogen) atoms. The average Bonchev–Trinajstić information content (AvgIpc) is 2.57. The number of hydrogen-bond donors (Lipinski definition) is 0. The van der Waals surface area contributed by atoms with Crippen LogP contribution >= 0.6 is 39.1 Å². The fraction of sp³-hybridized carbons (Fsp3) is 0.143. The van der Waals surface area contributed by atoms with E-state index in [0.29, 0.717) is 11.0 Å². The van der Waals surface area contributed by atoms with Crippen LogP contribution in [0, 0.1) is 26.0 Å². The molecule has 0 saturated heterocycles. The van der Waals surface area contributed by atoms with Gasteiger partial charge in [0.1, 0.15) is 10.7 Å². The molecule has 0 aliphatic heterocycles. The van der Waals surface area contributed by atoms with Crippen molar-refractivity contribution in [1.29, 1.82) is 0 Å². The summed E-state index contributed by atoms with van der Waals surface area (Å²) in [6.07, 6.45) is -5.22. The van der Waals surface area contributed by atoms with Gasteiger partial charge in [-0.15, -0.1) is 0 Å². The van der Waals surface area contributed by atoms with Gasteiger partial charge in [-0.1, -0.05) is 23.2 Å². The molecule has 7 nitrogen and oxygen atoms in total. The van der Waals surface area contributed by atoms with Crippen molar-refractivity contribution in [3.8, 4) is 0 Å². The predicted octanol–water partition coefficient (Wildman–Crippen LogP) is 6.50. The lowest BCUT2D eigenvalue weighted by molar-refractivity contribution is -0.394. The van der Waals surface area contributed by atoms with Crippen LogP contribution < -0.4 is 4.90 Å². The van der Waals surface area contributed by atoms with Gasteiger partial charge in [0.05, 0.1) is 36.7 Å². The Morgan fingerprint density at radius 2 is 1.64 bits per heavy atom. The third-order valence-electron chi connectivity index (χ3n) is 3.55. The van der Waals surface area contributed by atoms with E-state index in [4.69, 9.17) is 23.2 Å². The molecular formula is C14H6BrCl2F4N3O4. The van der Waals surface area contributed by atoms with Gasteiger partial charge in [-0.3, -0.25) is 20.2 Å². The standard InChI is InChI=1S/C14H6BrCl2F4N3O4/c1-22(13-8(16)4-7(15)11(18)10(13)17)12-6(14(19,20)21)2-5(23(25)26)3-9(12)24(27)28/h2-4H,1H3. The van der Waals surface area contributed by atoms with E-state index in [0.717, 1.165) is 13.1 Å². The molecule has 0 radical (unpaired) electrons. The molecule has 0 heterocycles. The number of nitro benzene ring substituents is 2. The summed E-state index contributed by atoms with van der Waals surface area (Å²) in [6, 6.07) is 1.49. The third-order valence-corrected chi connectivity index (χ3v) is 4.76. The average molecular weight is 507 g/mol. The summed E-state index contributed by atoms with van der Waals surface area (Å²) < 4.78 is 54.5. The first-order chi connectivity index (χ1) is 12.8. The van der Waals surface area contributed by atoms with Gasteiger partial charge in [0.15, 0.2) is 5.82 Å². The molecule has 0 N–H and O–H groups in total. The number of non-ortho nitro benzene ring substituents is 1. The summed E-state index contributed by atoms with van der Waals surface area (Å²) in [6.45, 7) is 0. The monoisotopic (exact) mass is 505 g/mol. The molecule has 0 unspecified atom stereocenters. The van der Waals surface area contributed by atoms with Crippen molar-refractivity contribution in [2.24, 2.45) is 0 Å². The smallest absolute Gasteiger partial charge is 0.336 e. The predicted molar refractivity (Wildman–Crippen MR) is 96.9 cm³/mol. The van der Waals surface area contributed by atoms with Crippen molar-refractivity contribution in [3.63, 3.8) is 0 Å². The van der Waals surface area contributed by atoms with Gasteiger partial charge >= 0.3 is 6.18 Å². The number of nitrogens with zero attached hydrogens (tertiary/aromatic N) is 3. The van der Waals surface area contributed by atoms with Crippen molar-refractivity contribution < 1.29 is 27.4 Å². The number of rotatable bonds is 4. The van der Waals surface area contributed by atoms with Gasteiger partial charge in [-0.05, 0) is 22.0 Å². The van der Waals surface area contributed by atoms with Crippen LogP contribution in [0.15, 0.2) is 22.7 Å². The topological polar surface area (TPSA) is 89.5 Å². The van der Waals surface area contributed by atoms with E-state index in [1.54, 1.807) is 0 Å². The fourth-order valence-corrected chi connectivity index (χ4v) is 3.78. The summed E-state index contributed by atoms with van der Waals surface area (Å²) in [5.74, 6) is -1.06. The molecule has 2 aromatic carbocycles. The van der Waals surface area contributed by atoms with Crippen LogP contribution in [0.3, 0.4) is 0 Å². The highest BCUT2D eigenvalue weighted by Crippen LogP contribution is 2.49. The fourth-order valence-electron chi connectivity index (χ4n) is 2.39. The zero-order valence-electron chi connectivity index (χ0n) is 13.4. The second kappa shape index (κ2) is 7.68. The number of alkyl halides is 3. The third kappa shape index (κ3) is 3.98. The van der Waals surface area contributed by atoms with Gasteiger partial charge in [0.25, 0.3) is 11.4 Å². The molecule has 0 atom stereocenters. The van der Waals surface area contributed by atoms with E-state index in [1.165, 1.54) is 0 Å². The van der Waals surface area contributed by atoms with Crippen LogP contribution in [0.4, 0.5) is 40.3 Å². The zero-order chi connectivity index (χ0) is 21.5. The maximum absolute atomic E-state index is 14.1. The molecule has 2 rings (SSSR count). The minimum absolute atomic E-state index is 0.135. The Morgan fingerprint density at radius 1 is 1.07 bits per heavy atom. The molecule has 0 bridgehead atoms.